The highest BCUT2D eigenvalue weighted by atomic mass is 35.5. The lowest BCUT2D eigenvalue weighted by atomic mass is 10.2. The summed E-state index contributed by atoms with van der Waals surface area (Å²) in [5.41, 5.74) is 3.13. The van der Waals surface area contributed by atoms with Gasteiger partial charge in [-0.3, -0.25) is 4.90 Å². The molecular weight excluding hydrogens is 370 g/mol. The van der Waals surface area contributed by atoms with Crippen molar-refractivity contribution < 1.29 is 0 Å². The van der Waals surface area contributed by atoms with Gasteiger partial charge in [0.15, 0.2) is 0 Å². The van der Waals surface area contributed by atoms with E-state index in [1.807, 2.05) is 30.3 Å². The van der Waals surface area contributed by atoms with Crippen LogP contribution < -0.4 is 0 Å². The molecule has 0 amide bonds. The van der Waals surface area contributed by atoms with E-state index in [1.165, 1.54) is 4.70 Å². The summed E-state index contributed by atoms with van der Waals surface area (Å²) in [7, 11) is 2.10. The molecule has 0 aliphatic rings. The smallest absolute Gasteiger partial charge is 0.125 e. The molecule has 6 heteroatoms. The van der Waals surface area contributed by atoms with E-state index in [0.717, 1.165) is 44.9 Å². The number of para-hydroxylation sites is 1. The molecule has 0 spiro atoms. The zero-order valence-corrected chi connectivity index (χ0v) is 16.0. The van der Waals surface area contributed by atoms with Gasteiger partial charge in [0.2, 0.25) is 0 Å². The molecule has 4 aromatic rings. The summed E-state index contributed by atoms with van der Waals surface area (Å²) in [5, 5.41) is 4.94. The molecule has 2 aromatic heterocycles. The molecule has 3 nitrogen and oxygen atoms in total. The van der Waals surface area contributed by atoms with E-state index in [4.69, 9.17) is 21.6 Å². The Bertz CT molecular complexity index is 976. The minimum atomic E-state index is 0.742. The van der Waals surface area contributed by atoms with Crippen LogP contribution in [0.3, 0.4) is 0 Å². The molecule has 126 valence electrons. The predicted molar refractivity (Wildman–Crippen MR) is 107 cm³/mol. The first kappa shape index (κ1) is 16.7. The van der Waals surface area contributed by atoms with Gasteiger partial charge in [0.05, 0.1) is 27.5 Å². The summed E-state index contributed by atoms with van der Waals surface area (Å²) in [6.45, 7) is 1.61. The van der Waals surface area contributed by atoms with Gasteiger partial charge in [0, 0.05) is 17.5 Å². The Morgan fingerprint density at radius 3 is 2.64 bits per heavy atom. The Morgan fingerprint density at radius 2 is 1.80 bits per heavy atom. The SMILES string of the molecule is CN(Cc1csc(-c2ccccc2Cl)n1)Cc1nc2ccccc2s1. The lowest BCUT2D eigenvalue weighted by Gasteiger charge is -2.12. The second-order valence-electron chi connectivity index (χ2n) is 5.87. The van der Waals surface area contributed by atoms with E-state index < -0.39 is 0 Å². The lowest BCUT2D eigenvalue weighted by molar-refractivity contribution is 0.315. The minimum Gasteiger partial charge on any atom is -0.294 e. The quantitative estimate of drug-likeness (QED) is 0.441. The molecule has 0 unspecified atom stereocenters. The molecule has 0 saturated heterocycles. The third kappa shape index (κ3) is 3.75. The van der Waals surface area contributed by atoms with Crippen molar-refractivity contribution >= 4 is 44.5 Å². The van der Waals surface area contributed by atoms with Gasteiger partial charge in [-0.15, -0.1) is 22.7 Å². The van der Waals surface area contributed by atoms with Gasteiger partial charge in [-0.2, -0.15) is 0 Å². The van der Waals surface area contributed by atoms with Gasteiger partial charge in [0.25, 0.3) is 0 Å². The van der Waals surface area contributed by atoms with Crippen molar-refractivity contribution in [2.45, 2.75) is 13.1 Å². The average Bonchev–Trinajstić information content (AvgIpc) is 3.21. The van der Waals surface area contributed by atoms with Crippen LogP contribution in [-0.4, -0.2) is 21.9 Å². The third-order valence-electron chi connectivity index (χ3n) is 3.83. The number of nitrogens with zero attached hydrogens (tertiary/aromatic N) is 3. The van der Waals surface area contributed by atoms with Crippen LogP contribution in [0.15, 0.2) is 53.9 Å². The van der Waals surface area contributed by atoms with Crippen molar-refractivity contribution in [3.8, 4) is 10.6 Å². The fourth-order valence-electron chi connectivity index (χ4n) is 2.69. The number of aromatic nitrogens is 2. The third-order valence-corrected chi connectivity index (χ3v) is 6.11. The second-order valence-corrected chi connectivity index (χ2v) is 8.25. The van der Waals surface area contributed by atoms with E-state index in [2.05, 4.69) is 35.5 Å². The zero-order valence-electron chi connectivity index (χ0n) is 13.6. The molecule has 4 rings (SSSR count). The molecule has 0 fully saturated rings. The van der Waals surface area contributed by atoms with Gasteiger partial charge in [-0.05, 0) is 25.2 Å². The van der Waals surface area contributed by atoms with Crippen molar-refractivity contribution in [3.05, 3.63) is 69.6 Å². The molecule has 0 radical (unpaired) electrons. The van der Waals surface area contributed by atoms with Crippen LogP contribution >= 0.6 is 34.3 Å². The molecule has 0 aliphatic carbocycles. The van der Waals surface area contributed by atoms with Crippen LogP contribution in [0.4, 0.5) is 0 Å². The van der Waals surface area contributed by atoms with Gasteiger partial charge >= 0.3 is 0 Å². The fraction of sp³-hybridized carbons (Fsp3) is 0.158. The number of benzene rings is 2. The summed E-state index contributed by atoms with van der Waals surface area (Å²) in [5.74, 6) is 0. The van der Waals surface area contributed by atoms with Crippen molar-refractivity contribution in [2.24, 2.45) is 0 Å². The second kappa shape index (κ2) is 7.22. The van der Waals surface area contributed by atoms with Crippen LogP contribution in [-0.2, 0) is 13.1 Å². The molecule has 25 heavy (non-hydrogen) atoms. The number of rotatable bonds is 5. The highest BCUT2D eigenvalue weighted by molar-refractivity contribution is 7.18. The Balaban J connectivity index is 1.46. The standard InChI is InChI=1S/C19H16ClN3S2/c1-23(11-18-22-16-8-4-5-9-17(16)25-18)10-13-12-24-19(21-13)14-6-2-3-7-15(14)20/h2-9,12H,10-11H2,1H3. The topological polar surface area (TPSA) is 29.0 Å². The van der Waals surface area contributed by atoms with E-state index in [0.29, 0.717) is 0 Å². The van der Waals surface area contributed by atoms with E-state index >= 15 is 0 Å². The number of halogens is 1. The van der Waals surface area contributed by atoms with Crippen LogP contribution in [0.25, 0.3) is 20.8 Å². The zero-order chi connectivity index (χ0) is 17.2. The lowest BCUT2D eigenvalue weighted by Crippen LogP contribution is -2.17. The Labute approximate surface area is 159 Å². The predicted octanol–water partition coefficient (Wildman–Crippen LogP) is 5.71. The molecular formula is C19H16ClN3S2. The summed E-state index contributed by atoms with van der Waals surface area (Å²) in [6, 6.07) is 16.1. The molecule has 0 saturated carbocycles. The summed E-state index contributed by atoms with van der Waals surface area (Å²) in [4.78, 5) is 11.7. The van der Waals surface area contributed by atoms with Crippen molar-refractivity contribution in [3.63, 3.8) is 0 Å². The molecule has 0 N–H and O–H groups in total. The first-order valence-corrected chi connectivity index (χ1v) is 9.99. The van der Waals surface area contributed by atoms with E-state index in [1.54, 1.807) is 22.7 Å². The first-order chi connectivity index (χ1) is 12.2. The number of fused-ring (bicyclic) bond motifs is 1. The first-order valence-electron chi connectivity index (χ1n) is 7.91. The molecule has 0 bridgehead atoms. The summed E-state index contributed by atoms with van der Waals surface area (Å²) < 4.78 is 1.24. The molecule has 2 aromatic carbocycles. The maximum absolute atomic E-state index is 6.27. The highest BCUT2D eigenvalue weighted by Crippen LogP contribution is 2.30. The van der Waals surface area contributed by atoms with Crippen molar-refractivity contribution in [1.29, 1.82) is 0 Å². The highest BCUT2D eigenvalue weighted by Gasteiger charge is 2.11. The van der Waals surface area contributed by atoms with Crippen LogP contribution in [0.5, 0.6) is 0 Å². The van der Waals surface area contributed by atoms with Crippen LogP contribution in [0.2, 0.25) is 5.02 Å². The maximum atomic E-state index is 6.27. The minimum absolute atomic E-state index is 0.742. The van der Waals surface area contributed by atoms with Crippen LogP contribution in [0.1, 0.15) is 10.7 Å². The van der Waals surface area contributed by atoms with E-state index in [-0.39, 0.29) is 0 Å². The van der Waals surface area contributed by atoms with Gasteiger partial charge in [-0.25, -0.2) is 9.97 Å². The van der Waals surface area contributed by atoms with E-state index in [9.17, 15) is 0 Å². The maximum Gasteiger partial charge on any atom is 0.125 e. The van der Waals surface area contributed by atoms with Gasteiger partial charge in [-0.1, -0.05) is 41.9 Å². The van der Waals surface area contributed by atoms with Gasteiger partial charge < -0.3 is 0 Å². The molecule has 0 aliphatic heterocycles. The number of hydrogen-bond acceptors (Lipinski definition) is 5. The fourth-order valence-corrected chi connectivity index (χ4v) is 4.87. The summed E-state index contributed by atoms with van der Waals surface area (Å²) >= 11 is 9.65. The van der Waals surface area contributed by atoms with Gasteiger partial charge in [0.1, 0.15) is 10.0 Å². The molecule has 0 atom stereocenters. The Kier molecular flexibility index (Phi) is 4.81. The van der Waals surface area contributed by atoms with Crippen molar-refractivity contribution in [1.82, 2.24) is 14.9 Å². The van der Waals surface area contributed by atoms with Crippen molar-refractivity contribution in [2.75, 3.05) is 7.05 Å². The largest absolute Gasteiger partial charge is 0.294 e. The normalized spacial score (nSPS) is 11.5. The monoisotopic (exact) mass is 385 g/mol. The number of hydrogen-bond donors (Lipinski definition) is 0. The average molecular weight is 386 g/mol. The van der Waals surface area contributed by atoms with Crippen LogP contribution in [0, 0.1) is 0 Å². The molecule has 2 heterocycles. The summed E-state index contributed by atoms with van der Waals surface area (Å²) in [6.07, 6.45) is 0. The Morgan fingerprint density at radius 1 is 1.00 bits per heavy atom. The number of thiazole rings is 2. The Hall–Kier alpha value is -1.79.